The van der Waals surface area contributed by atoms with Crippen molar-refractivity contribution in [3.8, 4) is 11.1 Å². The summed E-state index contributed by atoms with van der Waals surface area (Å²) in [4.78, 5) is 0.396. The first kappa shape index (κ1) is 18.2. The molecule has 1 fully saturated rings. The van der Waals surface area contributed by atoms with Crippen LogP contribution in [0.1, 0.15) is 36.8 Å². The molecule has 134 valence electrons. The van der Waals surface area contributed by atoms with Crippen molar-refractivity contribution in [1.29, 1.82) is 0 Å². The molecule has 3 nitrogen and oxygen atoms in total. The Hall–Kier alpha value is -1.65. The minimum atomic E-state index is -3.28. The molecular formula is C21H26O3S. The Balaban J connectivity index is 1.78. The highest BCUT2D eigenvalue weighted by Gasteiger charge is 2.25. The van der Waals surface area contributed by atoms with Gasteiger partial charge >= 0.3 is 0 Å². The average molecular weight is 359 g/mol. The van der Waals surface area contributed by atoms with Crippen molar-refractivity contribution in [3.63, 3.8) is 0 Å². The second-order valence-corrected chi connectivity index (χ2v) is 9.26. The van der Waals surface area contributed by atoms with Gasteiger partial charge < -0.3 is 5.11 Å². The lowest BCUT2D eigenvalue weighted by Crippen LogP contribution is -2.24. The molecule has 25 heavy (non-hydrogen) atoms. The molecule has 1 aliphatic carbocycles. The minimum Gasteiger partial charge on any atom is -0.393 e. The SMILES string of the molecule is Cc1cccc(-c2ccc(S(=O)(=O)CC3CCC(O)CC3)cc2)c1C. The molecule has 2 aromatic rings. The van der Waals surface area contributed by atoms with E-state index in [-0.39, 0.29) is 17.8 Å². The number of aliphatic hydroxyl groups is 1. The monoisotopic (exact) mass is 358 g/mol. The van der Waals surface area contributed by atoms with Gasteiger partial charge in [0.15, 0.2) is 9.84 Å². The van der Waals surface area contributed by atoms with Gasteiger partial charge in [-0.05, 0) is 79.8 Å². The largest absolute Gasteiger partial charge is 0.393 e. The van der Waals surface area contributed by atoms with Crippen LogP contribution in [-0.2, 0) is 9.84 Å². The quantitative estimate of drug-likeness (QED) is 0.887. The van der Waals surface area contributed by atoms with E-state index in [4.69, 9.17) is 0 Å². The van der Waals surface area contributed by atoms with Crippen LogP contribution >= 0.6 is 0 Å². The predicted molar refractivity (Wildman–Crippen MR) is 101 cm³/mol. The highest BCUT2D eigenvalue weighted by Crippen LogP contribution is 2.29. The van der Waals surface area contributed by atoms with Crippen molar-refractivity contribution in [2.75, 3.05) is 5.75 Å². The van der Waals surface area contributed by atoms with Crippen molar-refractivity contribution in [2.24, 2.45) is 5.92 Å². The second-order valence-electron chi connectivity index (χ2n) is 7.23. The van der Waals surface area contributed by atoms with Crippen molar-refractivity contribution in [2.45, 2.75) is 50.5 Å². The lowest BCUT2D eigenvalue weighted by molar-refractivity contribution is 0.113. The molecule has 0 aliphatic heterocycles. The first-order valence-corrected chi connectivity index (χ1v) is 10.6. The smallest absolute Gasteiger partial charge is 0.178 e. The molecule has 1 aliphatic rings. The van der Waals surface area contributed by atoms with Gasteiger partial charge in [0.05, 0.1) is 16.8 Å². The zero-order chi connectivity index (χ0) is 18.0. The molecule has 4 heteroatoms. The molecule has 2 aromatic carbocycles. The van der Waals surface area contributed by atoms with Crippen LogP contribution < -0.4 is 0 Å². The fraction of sp³-hybridized carbons (Fsp3) is 0.429. The third-order valence-corrected chi connectivity index (χ3v) is 7.30. The van der Waals surface area contributed by atoms with Crippen molar-refractivity contribution < 1.29 is 13.5 Å². The van der Waals surface area contributed by atoms with Gasteiger partial charge in [-0.15, -0.1) is 0 Å². The van der Waals surface area contributed by atoms with Gasteiger partial charge in [0.2, 0.25) is 0 Å². The number of aliphatic hydroxyl groups excluding tert-OH is 1. The topological polar surface area (TPSA) is 54.4 Å². The summed E-state index contributed by atoms with van der Waals surface area (Å²) in [5.41, 5.74) is 4.64. The zero-order valence-electron chi connectivity index (χ0n) is 14.9. The molecule has 0 bridgehead atoms. The highest BCUT2D eigenvalue weighted by molar-refractivity contribution is 7.91. The van der Waals surface area contributed by atoms with E-state index in [2.05, 4.69) is 26.0 Å². The molecule has 0 unspecified atom stereocenters. The molecule has 3 rings (SSSR count). The van der Waals surface area contributed by atoms with Crippen molar-refractivity contribution in [3.05, 3.63) is 53.6 Å². The van der Waals surface area contributed by atoms with Crippen LogP contribution in [0.25, 0.3) is 11.1 Å². The van der Waals surface area contributed by atoms with Crippen molar-refractivity contribution in [1.82, 2.24) is 0 Å². The molecule has 1 N–H and O–H groups in total. The lowest BCUT2D eigenvalue weighted by atomic mass is 9.89. The number of sulfone groups is 1. The molecule has 0 radical (unpaired) electrons. The summed E-state index contributed by atoms with van der Waals surface area (Å²) >= 11 is 0. The summed E-state index contributed by atoms with van der Waals surface area (Å²) in [6.07, 6.45) is 2.76. The number of aryl methyl sites for hydroxylation is 1. The Bertz CT molecular complexity index is 830. The third kappa shape index (κ3) is 4.13. The van der Waals surface area contributed by atoms with E-state index >= 15 is 0 Å². The summed E-state index contributed by atoms with van der Waals surface area (Å²) in [5.74, 6) is 0.342. The van der Waals surface area contributed by atoms with E-state index in [1.165, 1.54) is 11.1 Å². The summed E-state index contributed by atoms with van der Waals surface area (Å²) in [7, 11) is -3.28. The number of benzene rings is 2. The number of hydrogen-bond donors (Lipinski definition) is 1. The Morgan fingerprint density at radius 3 is 2.24 bits per heavy atom. The molecule has 0 amide bonds. The van der Waals surface area contributed by atoms with Crippen LogP contribution in [0.2, 0.25) is 0 Å². The van der Waals surface area contributed by atoms with Crippen LogP contribution in [0.5, 0.6) is 0 Å². The van der Waals surface area contributed by atoms with Gasteiger partial charge in [-0.25, -0.2) is 8.42 Å². The van der Waals surface area contributed by atoms with Crippen LogP contribution in [0, 0.1) is 19.8 Å². The van der Waals surface area contributed by atoms with E-state index in [0.29, 0.717) is 17.7 Å². The Morgan fingerprint density at radius 1 is 0.960 bits per heavy atom. The van der Waals surface area contributed by atoms with Crippen LogP contribution in [-0.4, -0.2) is 25.4 Å². The standard InChI is InChI=1S/C21H26O3S/c1-15-4-3-5-21(16(15)2)18-8-12-20(13-9-18)25(23,24)14-17-6-10-19(22)11-7-17/h3-5,8-9,12-13,17,19,22H,6-7,10-11,14H2,1-2H3. The molecule has 1 saturated carbocycles. The number of hydrogen-bond acceptors (Lipinski definition) is 3. The lowest BCUT2D eigenvalue weighted by Gasteiger charge is -2.25. The fourth-order valence-electron chi connectivity index (χ4n) is 3.62. The molecule has 0 spiro atoms. The van der Waals surface area contributed by atoms with Crippen LogP contribution in [0.4, 0.5) is 0 Å². The van der Waals surface area contributed by atoms with Crippen LogP contribution in [0.15, 0.2) is 47.4 Å². The van der Waals surface area contributed by atoms with Gasteiger partial charge in [-0.2, -0.15) is 0 Å². The summed E-state index contributed by atoms with van der Waals surface area (Å²) in [5, 5.41) is 9.57. The first-order chi connectivity index (χ1) is 11.9. The summed E-state index contributed by atoms with van der Waals surface area (Å²) < 4.78 is 25.4. The molecule has 0 aromatic heterocycles. The van der Waals surface area contributed by atoms with Crippen molar-refractivity contribution >= 4 is 9.84 Å². The predicted octanol–water partition coefficient (Wildman–Crippen LogP) is 4.30. The van der Waals surface area contributed by atoms with Gasteiger partial charge in [0.1, 0.15) is 0 Å². The van der Waals surface area contributed by atoms with Crippen LogP contribution in [0.3, 0.4) is 0 Å². The minimum absolute atomic E-state index is 0.159. The van der Waals surface area contributed by atoms with Gasteiger partial charge in [-0.3, -0.25) is 0 Å². The van der Waals surface area contributed by atoms with Gasteiger partial charge in [0.25, 0.3) is 0 Å². The van der Waals surface area contributed by atoms with E-state index in [9.17, 15) is 13.5 Å². The maximum atomic E-state index is 12.7. The molecule has 0 atom stereocenters. The Labute approximate surface area is 150 Å². The van der Waals surface area contributed by atoms with E-state index < -0.39 is 9.84 Å². The van der Waals surface area contributed by atoms with E-state index in [1.54, 1.807) is 12.1 Å². The Kier molecular flexibility index (Phi) is 5.30. The first-order valence-electron chi connectivity index (χ1n) is 8.94. The fourth-order valence-corrected chi connectivity index (χ4v) is 5.32. The maximum absolute atomic E-state index is 12.7. The van der Waals surface area contributed by atoms with Gasteiger partial charge in [-0.1, -0.05) is 30.3 Å². The number of rotatable bonds is 4. The van der Waals surface area contributed by atoms with E-state index in [1.807, 2.05) is 18.2 Å². The molecule has 0 heterocycles. The Morgan fingerprint density at radius 2 is 1.60 bits per heavy atom. The molecule has 0 saturated heterocycles. The maximum Gasteiger partial charge on any atom is 0.178 e. The third-order valence-electron chi connectivity index (χ3n) is 5.40. The highest BCUT2D eigenvalue weighted by atomic mass is 32.2. The van der Waals surface area contributed by atoms with E-state index in [0.717, 1.165) is 24.0 Å². The second kappa shape index (κ2) is 7.30. The normalized spacial score (nSPS) is 21.2. The summed E-state index contributed by atoms with van der Waals surface area (Å²) in [6.45, 7) is 4.17. The zero-order valence-corrected chi connectivity index (χ0v) is 15.7. The summed E-state index contributed by atoms with van der Waals surface area (Å²) in [6, 6.07) is 13.4. The van der Waals surface area contributed by atoms with Gasteiger partial charge in [0, 0.05) is 0 Å². The molecular weight excluding hydrogens is 332 g/mol. The average Bonchev–Trinajstić information content (AvgIpc) is 2.59.